The Bertz CT molecular complexity index is 1080. The van der Waals surface area contributed by atoms with Gasteiger partial charge in [-0.1, -0.05) is 22.8 Å². The van der Waals surface area contributed by atoms with Crippen molar-refractivity contribution in [3.8, 4) is 17.3 Å². The maximum Gasteiger partial charge on any atom is 0.273 e. The summed E-state index contributed by atoms with van der Waals surface area (Å²) < 4.78 is 6.52. The first-order chi connectivity index (χ1) is 13.4. The second-order valence-corrected chi connectivity index (χ2v) is 6.59. The first-order valence-electron chi connectivity index (χ1n) is 8.40. The average Bonchev–Trinajstić information content (AvgIpc) is 3.35. The fourth-order valence-electron chi connectivity index (χ4n) is 2.48. The van der Waals surface area contributed by atoms with Crippen molar-refractivity contribution >= 4 is 23.3 Å². The zero-order chi connectivity index (χ0) is 20.3. The standard InChI is InChI=1S/C19H16ClN5O3/c1-11(10-22-19(27)17-8-18(12(2)26)28-24-17)25-6-5-16(23-25)13-3-4-14(9-21)15(20)7-13/h3-8,11H,10H2,1-2H3,(H,22,27)/t11-/m1/s1. The van der Waals surface area contributed by atoms with Gasteiger partial charge in [0.2, 0.25) is 5.76 Å². The van der Waals surface area contributed by atoms with Crippen molar-refractivity contribution in [3.05, 3.63) is 58.6 Å². The van der Waals surface area contributed by atoms with Crippen LogP contribution >= 0.6 is 11.6 Å². The highest BCUT2D eigenvalue weighted by atomic mass is 35.5. The molecule has 1 aromatic carbocycles. The van der Waals surface area contributed by atoms with E-state index in [1.807, 2.05) is 19.1 Å². The maximum absolute atomic E-state index is 12.1. The number of Topliss-reactive ketones (excluding diaryl/α,β-unsaturated/α-hetero) is 1. The fourth-order valence-corrected chi connectivity index (χ4v) is 2.70. The number of amides is 1. The van der Waals surface area contributed by atoms with E-state index in [1.165, 1.54) is 13.0 Å². The van der Waals surface area contributed by atoms with Gasteiger partial charge >= 0.3 is 0 Å². The third kappa shape index (κ3) is 4.10. The van der Waals surface area contributed by atoms with Crippen LogP contribution in [0.3, 0.4) is 0 Å². The molecule has 1 atom stereocenters. The van der Waals surface area contributed by atoms with Crippen molar-refractivity contribution in [1.82, 2.24) is 20.3 Å². The van der Waals surface area contributed by atoms with Gasteiger partial charge in [0, 0.05) is 31.3 Å². The zero-order valence-electron chi connectivity index (χ0n) is 15.1. The molecule has 0 saturated carbocycles. The van der Waals surface area contributed by atoms with Crippen molar-refractivity contribution in [1.29, 1.82) is 5.26 Å². The molecule has 0 saturated heterocycles. The maximum atomic E-state index is 12.1. The minimum atomic E-state index is -0.436. The summed E-state index contributed by atoms with van der Waals surface area (Å²) in [4.78, 5) is 23.3. The van der Waals surface area contributed by atoms with Crippen LogP contribution in [0.2, 0.25) is 5.02 Å². The Morgan fingerprint density at radius 1 is 1.36 bits per heavy atom. The number of aromatic nitrogens is 3. The molecular formula is C19H16ClN5O3. The van der Waals surface area contributed by atoms with Crippen molar-refractivity contribution in [2.75, 3.05) is 6.54 Å². The predicted molar refractivity (Wildman–Crippen MR) is 101 cm³/mol. The Morgan fingerprint density at radius 3 is 2.79 bits per heavy atom. The molecule has 0 aliphatic heterocycles. The third-order valence-electron chi connectivity index (χ3n) is 4.09. The van der Waals surface area contributed by atoms with E-state index >= 15 is 0 Å². The number of nitrogens with zero attached hydrogens (tertiary/aromatic N) is 4. The monoisotopic (exact) mass is 397 g/mol. The number of hydrogen-bond acceptors (Lipinski definition) is 6. The van der Waals surface area contributed by atoms with E-state index in [1.54, 1.807) is 29.1 Å². The van der Waals surface area contributed by atoms with Crippen molar-refractivity contribution in [2.24, 2.45) is 0 Å². The topological polar surface area (TPSA) is 114 Å². The lowest BCUT2D eigenvalue weighted by molar-refractivity contribution is 0.0933. The minimum Gasteiger partial charge on any atom is -0.352 e. The van der Waals surface area contributed by atoms with Crippen LogP contribution in [0, 0.1) is 11.3 Å². The smallest absolute Gasteiger partial charge is 0.273 e. The van der Waals surface area contributed by atoms with E-state index in [0.717, 1.165) is 5.56 Å². The Kier molecular flexibility index (Phi) is 5.57. The second kappa shape index (κ2) is 8.06. The van der Waals surface area contributed by atoms with Gasteiger partial charge in [-0.05, 0) is 25.1 Å². The van der Waals surface area contributed by atoms with Crippen molar-refractivity contribution in [3.63, 3.8) is 0 Å². The van der Waals surface area contributed by atoms with Gasteiger partial charge in [0.1, 0.15) is 6.07 Å². The Morgan fingerprint density at radius 2 is 2.14 bits per heavy atom. The summed E-state index contributed by atoms with van der Waals surface area (Å²) >= 11 is 6.07. The Labute approximate surface area is 165 Å². The van der Waals surface area contributed by atoms with Crippen LogP contribution < -0.4 is 5.32 Å². The van der Waals surface area contributed by atoms with E-state index in [2.05, 4.69) is 15.6 Å². The van der Waals surface area contributed by atoms with Crippen LogP contribution in [0.15, 0.2) is 41.1 Å². The van der Waals surface area contributed by atoms with Gasteiger partial charge in [-0.3, -0.25) is 14.3 Å². The highest BCUT2D eigenvalue weighted by molar-refractivity contribution is 6.32. The lowest BCUT2D eigenvalue weighted by atomic mass is 10.1. The minimum absolute atomic E-state index is 0.0380. The highest BCUT2D eigenvalue weighted by Crippen LogP contribution is 2.24. The van der Waals surface area contributed by atoms with E-state index in [9.17, 15) is 9.59 Å². The quantitative estimate of drug-likeness (QED) is 0.638. The lowest BCUT2D eigenvalue weighted by Crippen LogP contribution is -2.30. The molecule has 0 radical (unpaired) electrons. The molecule has 8 nitrogen and oxygen atoms in total. The molecule has 0 fully saturated rings. The van der Waals surface area contributed by atoms with E-state index in [0.29, 0.717) is 22.8 Å². The number of nitrogens with one attached hydrogen (secondary N) is 1. The highest BCUT2D eigenvalue weighted by Gasteiger charge is 2.16. The lowest BCUT2D eigenvalue weighted by Gasteiger charge is -2.12. The van der Waals surface area contributed by atoms with E-state index in [4.69, 9.17) is 21.4 Å². The number of carbonyl (C=O) groups is 2. The van der Waals surface area contributed by atoms with Crippen LogP contribution in [0.5, 0.6) is 0 Å². The first-order valence-corrected chi connectivity index (χ1v) is 8.78. The summed E-state index contributed by atoms with van der Waals surface area (Å²) in [6.45, 7) is 3.53. The Balaban J connectivity index is 1.64. The molecule has 2 heterocycles. The summed E-state index contributed by atoms with van der Waals surface area (Å²) in [6, 6.07) is 10.1. The average molecular weight is 398 g/mol. The largest absolute Gasteiger partial charge is 0.352 e. The molecule has 0 aliphatic rings. The number of hydrogen-bond donors (Lipinski definition) is 1. The molecule has 3 aromatic rings. The molecule has 1 amide bonds. The van der Waals surface area contributed by atoms with Gasteiger partial charge in [-0.15, -0.1) is 0 Å². The van der Waals surface area contributed by atoms with Crippen molar-refractivity contribution in [2.45, 2.75) is 19.9 Å². The molecule has 0 spiro atoms. The number of halogens is 1. The molecule has 0 unspecified atom stereocenters. The van der Waals surface area contributed by atoms with Gasteiger partial charge in [0.05, 0.1) is 22.3 Å². The molecule has 0 bridgehead atoms. The summed E-state index contributed by atoms with van der Waals surface area (Å²) in [6.07, 6.45) is 1.79. The van der Waals surface area contributed by atoms with E-state index < -0.39 is 5.91 Å². The number of benzene rings is 1. The molecular weight excluding hydrogens is 382 g/mol. The Hall–Kier alpha value is -3.44. The zero-order valence-corrected chi connectivity index (χ0v) is 15.9. The molecule has 2 aromatic heterocycles. The molecule has 9 heteroatoms. The molecule has 142 valence electrons. The van der Waals surface area contributed by atoms with Crippen LogP contribution in [0.4, 0.5) is 0 Å². The summed E-state index contributed by atoms with van der Waals surface area (Å²) in [5.41, 5.74) is 1.94. The van der Waals surface area contributed by atoms with Crippen LogP contribution in [-0.4, -0.2) is 33.2 Å². The SMILES string of the molecule is CC(=O)c1cc(C(=O)NC[C@@H](C)n2ccc(-c3ccc(C#N)c(Cl)c3)n2)no1. The van der Waals surface area contributed by atoms with Gasteiger partial charge in [0.25, 0.3) is 5.91 Å². The summed E-state index contributed by atoms with van der Waals surface area (Å²) in [7, 11) is 0. The predicted octanol–water partition coefficient (Wildman–Crippen LogP) is 3.26. The van der Waals surface area contributed by atoms with Gasteiger partial charge in [0.15, 0.2) is 11.5 Å². The van der Waals surface area contributed by atoms with E-state index in [-0.39, 0.29) is 23.3 Å². The number of ketones is 1. The third-order valence-corrected chi connectivity index (χ3v) is 4.41. The van der Waals surface area contributed by atoms with Crippen LogP contribution in [-0.2, 0) is 0 Å². The molecule has 28 heavy (non-hydrogen) atoms. The fraction of sp³-hybridized carbons (Fsp3) is 0.211. The number of rotatable bonds is 6. The van der Waals surface area contributed by atoms with Crippen LogP contribution in [0.1, 0.15) is 46.5 Å². The van der Waals surface area contributed by atoms with Gasteiger partial charge in [-0.25, -0.2) is 0 Å². The molecule has 1 N–H and O–H groups in total. The number of carbonyl (C=O) groups excluding carboxylic acids is 2. The van der Waals surface area contributed by atoms with Crippen LogP contribution in [0.25, 0.3) is 11.3 Å². The summed E-state index contributed by atoms with van der Waals surface area (Å²) in [5.74, 6) is -0.697. The van der Waals surface area contributed by atoms with Gasteiger partial charge in [-0.2, -0.15) is 10.4 Å². The van der Waals surface area contributed by atoms with Gasteiger partial charge < -0.3 is 9.84 Å². The summed E-state index contributed by atoms with van der Waals surface area (Å²) in [5, 5.41) is 20.1. The molecule has 3 rings (SSSR count). The number of nitriles is 1. The van der Waals surface area contributed by atoms with Crippen molar-refractivity contribution < 1.29 is 14.1 Å². The first kappa shape index (κ1) is 19.3. The second-order valence-electron chi connectivity index (χ2n) is 6.18. The molecule has 0 aliphatic carbocycles. The normalized spacial score (nSPS) is 11.6.